The van der Waals surface area contributed by atoms with Crippen LogP contribution in [0.25, 0.3) is 0 Å². The van der Waals surface area contributed by atoms with Gasteiger partial charge >= 0.3 is 23.9 Å². The van der Waals surface area contributed by atoms with E-state index < -0.39 is 11.9 Å². The molecule has 0 aromatic carbocycles. The molecule has 0 spiro atoms. The van der Waals surface area contributed by atoms with Crippen molar-refractivity contribution in [2.45, 2.75) is 40.5 Å². The summed E-state index contributed by atoms with van der Waals surface area (Å²) in [4.78, 5) is 19.8. The van der Waals surface area contributed by atoms with Crippen molar-refractivity contribution in [3.63, 3.8) is 0 Å². The van der Waals surface area contributed by atoms with E-state index in [4.69, 9.17) is 0 Å². The summed E-state index contributed by atoms with van der Waals surface area (Å²) < 4.78 is 0. The Kier molecular flexibility index (Phi) is 31.9. The Balaban J connectivity index is -0.000000134. The van der Waals surface area contributed by atoms with Gasteiger partial charge < -0.3 is 19.8 Å². The largest absolute Gasteiger partial charge is 2.00 e. The average Bonchev–Trinajstić information content (AvgIpc) is 2.20. The van der Waals surface area contributed by atoms with Crippen molar-refractivity contribution < 1.29 is 19.8 Å². The second-order valence-electron chi connectivity index (χ2n) is 4.68. The van der Waals surface area contributed by atoms with E-state index in [0.717, 1.165) is 0 Å². The first kappa shape index (κ1) is 29.4. The summed E-state index contributed by atoms with van der Waals surface area (Å²) in [5, 5.41) is 19.8. The van der Waals surface area contributed by atoms with Crippen LogP contribution < -0.4 is 10.2 Å². The van der Waals surface area contributed by atoms with Gasteiger partial charge in [0.25, 0.3) is 0 Å². The Morgan fingerprint density at radius 2 is 1.05 bits per heavy atom. The van der Waals surface area contributed by atoms with E-state index in [1.165, 1.54) is 21.6 Å². The van der Waals surface area contributed by atoms with E-state index in [1.54, 1.807) is 0 Å². The summed E-state index contributed by atoms with van der Waals surface area (Å²) in [7, 11) is 2.66. The number of carboxylic acid groups (broad SMARTS) is 2. The molecule has 122 valence electrons. The normalized spacial score (nSPS) is 8.95. The second kappa shape index (κ2) is 22.7. The third-order valence-corrected chi connectivity index (χ3v) is 3.27. The maximum absolute atomic E-state index is 9.90. The van der Waals surface area contributed by atoms with E-state index in [-0.39, 0.29) is 36.7 Å². The van der Waals surface area contributed by atoms with Gasteiger partial charge in [-0.1, -0.05) is 63.1 Å². The van der Waals surface area contributed by atoms with Crippen molar-refractivity contribution in [2.75, 3.05) is 11.5 Å². The first-order valence-corrected chi connectivity index (χ1v) is 8.88. The number of hydrogen-bond acceptors (Lipinski definition) is 6. The van der Waals surface area contributed by atoms with Crippen molar-refractivity contribution in [1.29, 1.82) is 0 Å². The molecule has 21 heavy (non-hydrogen) atoms. The van der Waals surface area contributed by atoms with Crippen molar-refractivity contribution in [1.82, 2.24) is 0 Å². The van der Waals surface area contributed by atoms with Gasteiger partial charge in [-0.25, -0.2) is 0 Å². The molecule has 0 bridgehead atoms. The van der Waals surface area contributed by atoms with E-state index >= 15 is 0 Å². The molecule has 4 radical (unpaired) electrons. The predicted octanol–water partition coefficient (Wildman–Crippen LogP) is 1.22. The number of aliphatic carboxylic acids is 2. The van der Waals surface area contributed by atoms with Gasteiger partial charge in [0.05, 0.1) is 0 Å². The molecule has 0 aromatic heterocycles. The molecule has 0 aliphatic heterocycles. The van der Waals surface area contributed by atoms with Gasteiger partial charge in [-0.3, -0.25) is 0 Å². The molecule has 0 aromatic rings. The molecule has 0 atom stereocenters. The van der Waals surface area contributed by atoms with Crippen LogP contribution in [0.1, 0.15) is 40.5 Å². The van der Waals surface area contributed by atoms with Crippen LogP contribution in [0, 0.1) is 25.7 Å². The first-order chi connectivity index (χ1) is 9.09. The van der Waals surface area contributed by atoms with Gasteiger partial charge in [0.1, 0.15) is 0 Å². The molecule has 0 unspecified atom stereocenters. The summed E-state index contributed by atoms with van der Waals surface area (Å²) in [6, 6.07) is 0. The van der Waals surface area contributed by atoms with Crippen molar-refractivity contribution in [2.24, 2.45) is 11.8 Å². The average molecular weight is 441 g/mol. The van der Waals surface area contributed by atoms with Gasteiger partial charge in [0.2, 0.25) is 0 Å². The number of carboxylic acids is 2. The standard InChI is InChI=1S/C6H10O4S2.2C4H9.Sn/c7-5(8)1-3-11-12-4-2-6(9)10;2*1-4(2)3;/h1-4H2,(H,7,8)(H,9,10);2*4H,1H2,2-3H3;/q;;;+2/p-2. The van der Waals surface area contributed by atoms with Gasteiger partial charge in [0.15, 0.2) is 0 Å². The first-order valence-electron chi connectivity index (χ1n) is 6.39. The molecule has 0 amide bonds. The summed E-state index contributed by atoms with van der Waals surface area (Å²) in [5.41, 5.74) is 0. The van der Waals surface area contributed by atoms with Gasteiger partial charge in [-0.2, -0.15) is 0 Å². The molecule has 0 N–H and O–H groups in total. The van der Waals surface area contributed by atoms with Gasteiger partial charge in [0, 0.05) is 23.4 Å². The van der Waals surface area contributed by atoms with Gasteiger partial charge in [-0.05, 0) is 24.7 Å². The zero-order valence-corrected chi connectivity index (χ0v) is 17.8. The quantitative estimate of drug-likeness (QED) is 0.336. The minimum atomic E-state index is -1.08. The van der Waals surface area contributed by atoms with Crippen LogP contribution in [-0.2, 0) is 9.59 Å². The summed E-state index contributed by atoms with van der Waals surface area (Å²) in [6.07, 6.45) is 0.00593. The van der Waals surface area contributed by atoms with Crippen LogP contribution in [0.2, 0.25) is 0 Å². The number of rotatable bonds is 7. The smallest absolute Gasteiger partial charge is 0.550 e. The molecule has 0 rings (SSSR count). The third-order valence-electron chi connectivity index (χ3n) is 0.862. The third kappa shape index (κ3) is 78.0. The Labute approximate surface area is 154 Å². The minimum Gasteiger partial charge on any atom is -0.550 e. The monoisotopic (exact) mass is 442 g/mol. The van der Waals surface area contributed by atoms with Gasteiger partial charge in [-0.15, -0.1) is 0 Å². The number of carbonyl (C=O) groups excluding carboxylic acids is 2. The summed E-state index contributed by atoms with van der Waals surface area (Å²) >= 11 is 0. The zero-order valence-electron chi connectivity index (χ0n) is 13.3. The number of hydrogen-bond donors (Lipinski definition) is 0. The van der Waals surface area contributed by atoms with Crippen molar-refractivity contribution >= 4 is 57.4 Å². The fourth-order valence-corrected chi connectivity index (χ4v) is 2.31. The van der Waals surface area contributed by atoms with E-state index in [1.807, 2.05) is 0 Å². The molecule has 0 aliphatic carbocycles. The zero-order chi connectivity index (χ0) is 16.6. The maximum atomic E-state index is 9.90. The topological polar surface area (TPSA) is 80.3 Å². The van der Waals surface area contributed by atoms with Crippen LogP contribution >= 0.6 is 21.6 Å². The molecule has 0 aliphatic rings. The van der Waals surface area contributed by atoms with Crippen molar-refractivity contribution in [3.8, 4) is 0 Å². The van der Waals surface area contributed by atoms with Crippen LogP contribution in [0.4, 0.5) is 0 Å². The van der Waals surface area contributed by atoms with Crippen LogP contribution in [0.3, 0.4) is 0 Å². The Morgan fingerprint density at radius 3 is 1.19 bits per heavy atom. The molecule has 4 nitrogen and oxygen atoms in total. The van der Waals surface area contributed by atoms with Crippen LogP contribution in [-0.4, -0.2) is 47.4 Å². The molecule has 0 saturated carbocycles. The second-order valence-corrected chi connectivity index (χ2v) is 7.38. The maximum Gasteiger partial charge on any atom is 2.00 e. The fourth-order valence-electron chi connectivity index (χ4n) is 0.368. The molecular formula is C14H26O4S2Sn. The van der Waals surface area contributed by atoms with E-state index in [2.05, 4.69) is 41.5 Å². The number of carbonyl (C=O) groups is 2. The molecular weight excluding hydrogens is 415 g/mol. The SMILES string of the molecule is O=C([O-])CCSSCCC(=O)[O-].[CH2]C(C)C.[CH2]C(C)C.[Sn+2]. The summed E-state index contributed by atoms with van der Waals surface area (Å²) in [6.45, 7) is 15.5. The Hall–Kier alpha value is 0.439. The van der Waals surface area contributed by atoms with E-state index in [9.17, 15) is 19.8 Å². The minimum absolute atomic E-state index is 0. The van der Waals surface area contributed by atoms with Crippen molar-refractivity contribution in [3.05, 3.63) is 13.8 Å². The van der Waals surface area contributed by atoms with E-state index in [0.29, 0.717) is 23.3 Å². The molecule has 0 heterocycles. The molecule has 0 fully saturated rings. The fraction of sp³-hybridized carbons (Fsp3) is 0.714. The Morgan fingerprint density at radius 1 is 0.857 bits per heavy atom. The van der Waals surface area contributed by atoms with Crippen LogP contribution in [0.15, 0.2) is 0 Å². The predicted molar refractivity (Wildman–Crippen MR) is 90.3 cm³/mol. The van der Waals surface area contributed by atoms with Crippen LogP contribution in [0.5, 0.6) is 0 Å². The molecule has 7 heteroatoms. The Bertz CT molecular complexity index is 208. The summed E-state index contributed by atoms with van der Waals surface area (Å²) in [5.74, 6) is -0.105. The molecule has 0 saturated heterocycles.